The average Bonchev–Trinajstić information content (AvgIpc) is 2.59. The summed E-state index contributed by atoms with van der Waals surface area (Å²) in [4.78, 5) is 11.5. The number of nitrogens with one attached hydrogen (secondary N) is 2. The summed E-state index contributed by atoms with van der Waals surface area (Å²) in [5, 5.41) is 11.1. The molecule has 0 saturated carbocycles. The standard InChI is InChI=1S/C17H18N2O3/c1-21-13-9-7-12(8-10-13)11-19-15-6-4-3-5-14(15)16(18)17(20)22-2/h3-10,18-19H,11H2,1-2H3. The van der Waals surface area contributed by atoms with E-state index in [2.05, 4.69) is 10.1 Å². The van der Waals surface area contributed by atoms with Crippen LogP contribution in [0.2, 0.25) is 0 Å². The van der Waals surface area contributed by atoms with Gasteiger partial charge < -0.3 is 14.8 Å². The predicted molar refractivity (Wildman–Crippen MR) is 85.6 cm³/mol. The van der Waals surface area contributed by atoms with Gasteiger partial charge >= 0.3 is 5.97 Å². The van der Waals surface area contributed by atoms with Crippen LogP contribution in [0.1, 0.15) is 11.1 Å². The van der Waals surface area contributed by atoms with Crippen molar-refractivity contribution in [1.82, 2.24) is 0 Å². The summed E-state index contributed by atoms with van der Waals surface area (Å²) in [6, 6.07) is 14.9. The van der Waals surface area contributed by atoms with E-state index in [1.54, 1.807) is 19.2 Å². The van der Waals surface area contributed by atoms with Gasteiger partial charge in [0.2, 0.25) is 0 Å². The summed E-state index contributed by atoms with van der Waals surface area (Å²) in [7, 11) is 2.90. The van der Waals surface area contributed by atoms with Crippen molar-refractivity contribution in [2.45, 2.75) is 6.54 Å². The molecule has 0 heterocycles. The molecule has 0 atom stereocenters. The Hall–Kier alpha value is -2.82. The predicted octanol–water partition coefficient (Wildman–Crippen LogP) is 2.85. The van der Waals surface area contributed by atoms with Crippen LogP contribution in [0, 0.1) is 5.41 Å². The quantitative estimate of drug-likeness (QED) is 0.635. The molecule has 0 unspecified atom stereocenters. The zero-order valence-electron chi connectivity index (χ0n) is 12.6. The summed E-state index contributed by atoms with van der Waals surface area (Å²) in [6.07, 6.45) is 0. The first kappa shape index (κ1) is 15.6. The van der Waals surface area contributed by atoms with Gasteiger partial charge in [-0.05, 0) is 23.8 Å². The van der Waals surface area contributed by atoms with E-state index in [-0.39, 0.29) is 5.71 Å². The van der Waals surface area contributed by atoms with Crippen molar-refractivity contribution in [3.05, 3.63) is 59.7 Å². The Kier molecular flexibility index (Phi) is 5.14. The van der Waals surface area contributed by atoms with E-state index < -0.39 is 5.97 Å². The van der Waals surface area contributed by atoms with Crippen molar-refractivity contribution in [3.8, 4) is 5.75 Å². The molecule has 114 valence electrons. The third-order valence-electron chi connectivity index (χ3n) is 3.23. The molecule has 2 aromatic rings. The number of carbonyl (C=O) groups excluding carboxylic acids is 1. The van der Waals surface area contributed by atoms with Gasteiger partial charge in [0.15, 0.2) is 0 Å². The van der Waals surface area contributed by atoms with Crippen molar-refractivity contribution < 1.29 is 14.3 Å². The first-order valence-electron chi connectivity index (χ1n) is 6.78. The highest BCUT2D eigenvalue weighted by atomic mass is 16.5. The second kappa shape index (κ2) is 7.26. The maximum atomic E-state index is 11.5. The highest BCUT2D eigenvalue weighted by Crippen LogP contribution is 2.18. The van der Waals surface area contributed by atoms with Crippen molar-refractivity contribution >= 4 is 17.4 Å². The van der Waals surface area contributed by atoms with Crippen LogP contribution in [-0.4, -0.2) is 25.9 Å². The molecule has 0 saturated heterocycles. The molecule has 0 aromatic heterocycles. The van der Waals surface area contributed by atoms with Crippen LogP contribution >= 0.6 is 0 Å². The van der Waals surface area contributed by atoms with E-state index >= 15 is 0 Å². The summed E-state index contributed by atoms with van der Waals surface area (Å²) in [5.41, 5.74) is 2.14. The molecule has 0 bridgehead atoms. The third kappa shape index (κ3) is 3.63. The first-order chi connectivity index (χ1) is 10.7. The normalized spacial score (nSPS) is 9.91. The van der Waals surface area contributed by atoms with E-state index in [0.717, 1.165) is 11.3 Å². The highest BCUT2D eigenvalue weighted by Gasteiger charge is 2.15. The molecule has 2 rings (SSSR count). The van der Waals surface area contributed by atoms with Crippen LogP contribution in [0.4, 0.5) is 5.69 Å². The van der Waals surface area contributed by atoms with Gasteiger partial charge in [-0.2, -0.15) is 0 Å². The summed E-state index contributed by atoms with van der Waals surface area (Å²) >= 11 is 0. The Labute approximate surface area is 129 Å². The van der Waals surface area contributed by atoms with Gasteiger partial charge in [0.1, 0.15) is 11.5 Å². The maximum absolute atomic E-state index is 11.5. The molecule has 5 nitrogen and oxygen atoms in total. The lowest BCUT2D eigenvalue weighted by Gasteiger charge is -2.12. The van der Waals surface area contributed by atoms with E-state index in [0.29, 0.717) is 17.8 Å². The van der Waals surface area contributed by atoms with Crippen LogP contribution in [0.3, 0.4) is 0 Å². The zero-order valence-corrected chi connectivity index (χ0v) is 12.6. The van der Waals surface area contributed by atoms with Gasteiger partial charge in [0.05, 0.1) is 14.2 Å². The number of hydrogen-bond donors (Lipinski definition) is 2. The third-order valence-corrected chi connectivity index (χ3v) is 3.23. The van der Waals surface area contributed by atoms with Crippen LogP contribution in [0.15, 0.2) is 48.5 Å². The number of rotatable bonds is 6. The minimum atomic E-state index is -0.654. The summed E-state index contributed by atoms with van der Waals surface area (Å²) < 4.78 is 9.73. The van der Waals surface area contributed by atoms with Gasteiger partial charge in [0.25, 0.3) is 0 Å². The molecule has 0 spiro atoms. The maximum Gasteiger partial charge on any atom is 0.356 e. The van der Waals surface area contributed by atoms with Crippen molar-refractivity contribution in [3.63, 3.8) is 0 Å². The molecule has 0 aliphatic carbocycles. The second-order valence-electron chi connectivity index (χ2n) is 4.61. The van der Waals surface area contributed by atoms with E-state index in [1.807, 2.05) is 36.4 Å². The van der Waals surface area contributed by atoms with Crippen LogP contribution in [-0.2, 0) is 16.1 Å². The molecule has 0 aliphatic heterocycles. The topological polar surface area (TPSA) is 71.4 Å². The van der Waals surface area contributed by atoms with Gasteiger partial charge in [-0.3, -0.25) is 5.41 Å². The van der Waals surface area contributed by atoms with Crippen molar-refractivity contribution in [1.29, 1.82) is 5.41 Å². The fraction of sp³-hybridized carbons (Fsp3) is 0.176. The number of para-hydroxylation sites is 1. The highest BCUT2D eigenvalue weighted by molar-refractivity contribution is 6.43. The van der Waals surface area contributed by atoms with Gasteiger partial charge in [-0.25, -0.2) is 4.79 Å². The fourth-order valence-electron chi connectivity index (χ4n) is 2.01. The lowest BCUT2D eigenvalue weighted by Crippen LogP contribution is -2.17. The van der Waals surface area contributed by atoms with Gasteiger partial charge in [-0.1, -0.05) is 30.3 Å². The molecule has 2 aromatic carbocycles. The molecule has 22 heavy (non-hydrogen) atoms. The van der Waals surface area contributed by atoms with E-state index in [4.69, 9.17) is 10.1 Å². The molecule has 5 heteroatoms. The molecular formula is C17H18N2O3. The van der Waals surface area contributed by atoms with Crippen LogP contribution in [0.25, 0.3) is 0 Å². The lowest BCUT2D eigenvalue weighted by molar-refractivity contribution is -0.132. The fourth-order valence-corrected chi connectivity index (χ4v) is 2.01. The Morgan fingerprint density at radius 1 is 1.09 bits per heavy atom. The van der Waals surface area contributed by atoms with Crippen molar-refractivity contribution in [2.24, 2.45) is 0 Å². The number of anilines is 1. The number of carbonyl (C=O) groups is 1. The molecule has 0 fully saturated rings. The van der Waals surface area contributed by atoms with Crippen LogP contribution < -0.4 is 10.1 Å². The minimum Gasteiger partial charge on any atom is -0.497 e. The van der Waals surface area contributed by atoms with Crippen molar-refractivity contribution in [2.75, 3.05) is 19.5 Å². The van der Waals surface area contributed by atoms with Crippen LogP contribution in [0.5, 0.6) is 5.75 Å². The average molecular weight is 298 g/mol. The Balaban J connectivity index is 2.12. The molecule has 0 amide bonds. The number of ether oxygens (including phenoxy) is 2. The lowest BCUT2D eigenvalue weighted by atomic mass is 10.1. The smallest absolute Gasteiger partial charge is 0.356 e. The zero-order chi connectivity index (χ0) is 15.9. The van der Waals surface area contributed by atoms with E-state index in [9.17, 15) is 4.79 Å². The minimum absolute atomic E-state index is 0.166. The molecular weight excluding hydrogens is 280 g/mol. The van der Waals surface area contributed by atoms with E-state index in [1.165, 1.54) is 7.11 Å². The number of hydrogen-bond acceptors (Lipinski definition) is 5. The first-order valence-corrected chi connectivity index (χ1v) is 6.78. The SMILES string of the molecule is COC(=O)C(=N)c1ccccc1NCc1ccc(OC)cc1. The monoisotopic (exact) mass is 298 g/mol. The Morgan fingerprint density at radius 2 is 1.77 bits per heavy atom. The number of esters is 1. The number of benzene rings is 2. The molecule has 0 aliphatic rings. The Morgan fingerprint density at radius 3 is 2.41 bits per heavy atom. The second-order valence-corrected chi connectivity index (χ2v) is 4.61. The van der Waals surface area contributed by atoms with Gasteiger partial charge in [-0.15, -0.1) is 0 Å². The van der Waals surface area contributed by atoms with Gasteiger partial charge in [0, 0.05) is 17.8 Å². The summed E-state index contributed by atoms with van der Waals surface area (Å²) in [6.45, 7) is 0.579. The largest absolute Gasteiger partial charge is 0.497 e. The number of methoxy groups -OCH3 is 2. The molecule has 0 radical (unpaired) electrons. The Bertz CT molecular complexity index is 666. The molecule has 2 N–H and O–H groups in total. The summed E-state index contributed by atoms with van der Waals surface area (Å²) in [5.74, 6) is 0.148.